The Morgan fingerprint density at radius 2 is 1.79 bits per heavy atom. The highest BCUT2D eigenvalue weighted by Gasteiger charge is 2.25. The number of guanidine groups is 1. The van der Waals surface area contributed by atoms with Crippen LogP contribution in [0, 0.1) is 5.92 Å². The number of benzene rings is 1. The Hall–Kier alpha value is -1.46. The van der Waals surface area contributed by atoms with Crippen molar-refractivity contribution >= 4 is 29.9 Å². The number of hydrogen-bond donors (Lipinski definition) is 1. The van der Waals surface area contributed by atoms with E-state index in [-0.39, 0.29) is 24.0 Å². The first-order chi connectivity index (χ1) is 13.7. The second-order valence-electron chi connectivity index (χ2n) is 6.60. The minimum Gasteiger partial charge on any atom is -0.493 e. The molecule has 1 aliphatic rings. The predicted molar refractivity (Wildman–Crippen MR) is 124 cm³/mol. The molecule has 1 atom stereocenters. The zero-order valence-corrected chi connectivity index (χ0v) is 20.4. The highest BCUT2D eigenvalue weighted by atomic mass is 127. The Balaban J connectivity index is 0.00000420. The molecular weight excluding hydrogens is 489 g/mol. The number of halogens is 1. The molecule has 1 aliphatic heterocycles. The molecule has 2 rings (SSSR count). The molecule has 0 saturated carbocycles. The van der Waals surface area contributed by atoms with Gasteiger partial charge in [0.15, 0.2) is 17.5 Å². The molecule has 8 nitrogen and oxygen atoms in total. The first-order valence-electron chi connectivity index (χ1n) is 9.47. The van der Waals surface area contributed by atoms with E-state index in [1.54, 1.807) is 35.5 Å². The normalized spacial score (nSPS) is 16.4. The van der Waals surface area contributed by atoms with E-state index in [0.717, 1.165) is 37.6 Å². The summed E-state index contributed by atoms with van der Waals surface area (Å²) in [5.41, 5.74) is 1.02. The lowest BCUT2D eigenvalue weighted by molar-refractivity contribution is 0.0536. The molecule has 1 heterocycles. The summed E-state index contributed by atoms with van der Waals surface area (Å²) in [5, 5.41) is 3.43. The van der Waals surface area contributed by atoms with E-state index < -0.39 is 0 Å². The highest BCUT2D eigenvalue weighted by Crippen LogP contribution is 2.38. The van der Waals surface area contributed by atoms with Gasteiger partial charge in [-0.15, -0.1) is 24.0 Å². The maximum absolute atomic E-state index is 5.67. The van der Waals surface area contributed by atoms with E-state index in [9.17, 15) is 0 Å². The summed E-state index contributed by atoms with van der Waals surface area (Å²) in [6.07, 6.45) is 1.10. The molecule has 0 bridgehead atoms. The molecule has 29 heavy (non-hydrogen) atoms. The third-order valence-corrected chi connectivity index (χ3v) is 4.76. The van der Waals surface area contributed by atoms with Crippen molar-refractivity contribution in [2.75, 3.05) is 68.4 Å². The summed E-state index contributed by atoms with van der Waals surface area (Å²) in [6, 6.07) is 3.89. The van der Waals surface area contributed by atoms with Crippen molar-refractivity contribution in [3.8, 4) is 17.2 Å². The summed E-state index contributed by atoms with van der Waals surface area (Å²) >= 11 is 0. The Kier molecular flexibility index (Phi) is 12.1. The van der Waals surface area contributed by atoms with Crippen LogP contribution in [0.3, 0.4) is 0 Å². The fourth-order valence-electron chi connectivity index (χ4n) is 3.30. The highest BCUT2D eigenvalue weighted by molar-refractivity contribution is 14.0. The fraction of sp³-hybridized carbons (Fsp3) is 0.650. The molecule has 1 unspecified atom stereocenters. The number of rotatable bonds is 10. The second kappa shape index (κ2) is 13.7. The fourth-order valence-corrected chi connectivity index (χ4v) is 3.30. The number of nitrogens with one attached hydrogen (secondary N) is 1. The molecule has 1 aromatic rings. The van der Waals surface area contributed by atoms with E-state index in [0.29, 0.717) is 42.9 Å². The summed E-state index contributed by atoms with van der Waals surface area (Å²) in [5.74, 6) is 3.27. The van der Waals surface area contributed by atoms with Crippen LogP contribution in [0.2, 0.25) is 0 Å². The monoisotopic (exact) mass is 523 g/mol. The number of methoxy groups -OCH3 is 4. The van der Waals surface area contributed by atoms with Crippen LogP contribution in [0.15, 0.2) is 17.1 Å². The average Bonchev–Trinajstić information content (AvgIpc) is 3.19. The van der Waals surface area contributed by atoms with Gasteiger partial charge >= 0.3 is 0 Å². The van der Waals surface area contributed by atoms with Gasteiger partial charge < -0.3 is 33.9 Å². The standard InChI is InChI=1S/C20H33N3O5.HI/c1-21-20(23-7-6-15(13-23)14-28-9-8-24-2)22-12-16-10-17(25-3)19(27-5)18(11-16)26-4;/h10-11,15H,6-9,12-14H2,1-5H3,(H,21,22);1H. The van der Waals surface area contributed by atoms with Crippen molar-refractivity contribution in [3.05, 3.63) is 17.7 Å². The molecule has 0 aliphatic carbocycles. The van der Waals surface area contributed by atoms with Crippen LogP contribution in [-0.2, 0) is 16.0 Å². The predicted octanol–water partition coefficient (Wildman–Crippen LogP) is 2.39. The molecule has 0 aromatic heterocycles. The molecule has 9 heteroatoms. The van der Waals surface area contributed by atoms with Crippen LogP contribution < -0.4 is 19.5 Å². The van der Waals surface area contributed by atoms with Crippen LogP contribution in [0.4, 0.5) is 0 Å². The van der Waals surface area contributed by atoms with Crippen molar-refractivity contribution in [2.45, 2.75) is 13.0 Å². The number of hydrogen-bond acceptors (Lipinski definition) is 6. The summed E-state index contributed by atoms with van der Waals surface area (Å²) in [7, 11) is 8.33. The topological polar surface area (TPSA) is 73.8 Å². The first-order valence-corrected chi connectivity index (χ1v) is 9.47. The maximum Gasteiger partial charge on any atom is 0.203 e. The van der Waals surface area contributed by atoms with E-state index in [1.165, 1.54) is 0 Å². The second-order valence-corrected chi connectivity index (χ2v) is 6.60. The quantitative estimate of drug-likeness (QED) is 0.219. The minimum atomic E-state index is 0. The Morgan fingerprint density at radius 3 is 2.34 bits per heavy atom. The van der Waals surface area contributed by atoms with Gasteiger partial charge in [-0.05, 0) is 24.1 Å². The Bertz CT molecular complexity index is 620. The largest absolute Gasteiger partial charge is 0.493 e. The van der Waals surface area contributed by atoms with Gasteiger partial charge in [0.2, 0.25) is 5.75 Å². The van der Waals surface area contributed by atoms with Gasteiger partial charge in [0.25, 0.3) is 0 Å². The molecule has 1 N–H and O–H groups in total. The minimum absolute atomic E-state index is 0. The molecular formula is C20H34IN3O5. The van der Waals surface area contributed by atoms with Gasteiger partial charge in [-0.1, -0.05) is 0 Å². The summed E-state index contributed by atoms with van der Waals surface area (Å²) in [4.78, 5) is 6.70. The van der Waals surface area contributed by atoms with Crippen LogP contribution in [0.1, 0.15) is 12.0 Å². The van der Waals surface area contributed by atoms with Gasteiger partial charge in [-0.3, -0.25) is 4.99 Å². The summed E-state index contributed by atoms with van der Waals surface area (Å²) < 4.78 is 26.9. The lowest BCUT2D eigenvalue weighted by Crippen LogP contribution is -2.39. The van der Waals surface area contributed by atoms with Gasteiger partial charge in [0.1, 0.15) is 0 Å². The third-order valence-electron chi connectivity index (χ3n) is 4.76. The van der Waals surface area contributed by atoms with Crippen molar-refractivity contribution in [1.82, 2.24) is 10.2 Å². The van der Waals surface area contributed by atoms with Crippen LogP contribution in [0.5, 0.6) is 17.2 Å². The smallest absolute Gasteiger partial charge is 0.203 e. The lowest BCUT2D eigenvalue weighted by atomic mass is 10.1. The molecule has 0 spiro atoms. The van der Waals surface area contributed by atoms with Gasteiger partial charge in [-0.2, -0.15) is 0 Å². The number of nitrogens with zero attached hydrogens (tertiary/aromatic N) is 2. The first kappa shape index (κ1) is 25.6. The molecule has 166 valence electrons. The number of ether oxygens (including phenoxy) is 5. The van der Waals surface area contributed by atoms with Gasteiger partial charge in [-0.25, -0.2) is 0 Å². The Labute approximate surface area is 190 Å². The van der Waals surface area contributed by atoms with Crippen molar-refractivity contribution < 1.29 is 23.7 Å². The van der Waals surface area contributed by atoms with E-state index in [2.05, 4.69) is 15.2 Å². The van der Waals surface area contributed by atoms with Crippen LogP contribution >= 0.6 is 24.0 Å². The van der Waals surface area contributed by atoms with Crippen LogP contribution in [0.25, 0.3) is 0 Å². The van der Waals surface area contributed by atoms with Crippen molar-refractivity contribution in [2.24, 2.45) is 10.9 Å². The third kappa shape index (κ3) is 7.38. The number of aliphatic imine (C=N–C) groups is 1. The van der Waals surface area contributed by atoms with E-state index in [1.807, 2.05) is 12.1 Å². The number of likely N-dealkylation sites (tertiary alicyclic amines) is 1. The molecule has 1 aromatic carbocycles. The zero-order valence-electron chi connectivity index (χ0n) is 18.0. The van der Waals surface area contributed by atoms with E-state index in [4.69, 9.17) is 23.7 Å². The average molecular weight is 523 g/mol. The molecule has 1 saturated heterocycles. The Morgan fingerprint density at radius 1 is 1.10 bits per heavy atom. The van der Waals surface area contributed by atoms with Crippen molar-refractivity contribution in [1.29, 1.82) is 0 Å². The van der Waals surface area contributed by atoms with E-state index >= 15 is 0 Å². The maximum atomic E-state index is 5.67. The van der Waals surface area contributed by atoms with Crippen molar-refractivity contribution in [3.63, 3.8) is 0 Å². The SMILES string of the molecule is CN=C(NCc1cc(OC)c(OC)c(OC)c1)N1CCC(COCCOC)C1.I. The van der Waals surface area contributed by atoms with Gasteiger partial charge in [0, 0.05) is 39.7 Å². The van der Waals surface area contributed by atoms with Gasteiger partial charge in [0.05, 0.1) is 41.2 Å². The zero-order chi connectivity index (χ0) is 20.4. The molecule has 0 amide bonds. The lowest BCUT2D eigenvalue weighted by Gasteiger charge is -2.22. The molecule has 1 fully saturated rings. The summed E-state index contributed by atoms with van der Waals surface area (Å²) in [6.45, 7) is 4.53. The van der Waals surface area contributed by atoms with Crippen LogP contribution in [-0.4, -0.2) is 79.3 Å². The molecule has 0 radical (unpaired) electrons.